The summed E-state index contributed by atoms with van der Waals surface area (Å²) in [6.45, 7) is 1.87. The zero-order valence-corrected chi connectivity index (χ0v) is 20.5. The van der Waals surface area contributed by atoms with Crippen LogP contribution in [0.1, 0.15) is 26.3 Å². The summed E-state index contributed by atoms with van der Waals surface area (Å²) >= 11 is 11.9. The van der Waals surface area contributed by atoms with Gasteiger partial charge in [-0.05, 0) is 73.2 Å². The fourth-order valence-electron chi connectivity index (χ4n) is 3.91. The fourth-order valence-corrected chi connectivity index (χ4v) is 5.97. The number of nitrogens with zero attached hydrogens (tertiary/aromatic N) is 1. The Balaban J connectivity index is 1.73. The van der Waals surface area contributed by atoms with Gasteiger partial charge in [0.25, 0.3) is 5.91 Å². The van der Waals surface area contributed by atoms with Crippen molar-refractivity contribution in [1.29, 1.82) is 0 Å². The number of esters is 1. The van der Waals surface area contributed by atoms with Crippen molar-refractivity contribution in [1.82, 2.24) is 0 Å². The zero-order chi connectivity index (χ0) is 24.5. The molecule has 3 aromatic carbocycles. The summed E-state index contributed by atoms with van der Waals surface area (Å²) in [4.78, 5) is 27.8. The third kappa shape index (κ3) is 5.43. The molecule has 0 radical (unpaired) electrons. The third-order valence-corrected chi connectivity index (χ3v) is 7.72. The van der Waals surface area contributed by atoms with Crippen molar-refractivity contribution >= 4 is 50.6 Å². The van der Waals surface area contributed by atoms with Crippen LogP contribution in [-0.4, -0.2) is 43.9 Å². The van der Waals surface area contributed by atoms with E-state index < -0.39 is 33.9 Å². The molecule has 1 saturated heterocycles. The fraction of sp³-hybridized carbons (Fsp3) is 0.200. The first-order valence-electron chi connectivity index (χ1n) is 10.5. The number of hydrogen-bond acceptors (Lipinski definition) is 5. The number of anilines is 1. The van der Waals surface area contributed by atoms with E-state index in [1.54, 1.807) is 54.6 Å². The minimum absolute atomic E-state index is 0.235. The lowest BCUT2D eigenvalue weighted by Gasteiger charge is -2.32. The molecule has 0 bridgehead atoms. The van der Waals surface area contributed by atoms with E-state index in [-0.39, 0.29) is 17.1 Å². The summed E-state index contributed by atoms with van der Waals surface area (Å²) in [5.74, 6) is -1.82. The smallest absolute Gasteiger partial charge is 0.338 e. The van der Waals surface area contributed by atoms with Gasteiger partial charge in [-0.25, -0.2) is 13.2 Å². The minimum Gasteiger partial charge on any atom is -0.455 e. The molecule has 1 amide bonds. The van der Waals surface area contributed by atoms with Crippen molar-refractivity contribution in [3.8, 4) is 0 Å². The third-order valence-electron chi connectivity index (χ3n) is 5.53. The lowest BCUT2D eigenvalue weighted by Crippen LogP contribution is -2.48. The lowest BCUT2D eigenvalue weighted by molar-refractivity contribution is 0.0314. The number of benzene rings is 3. The van der Waals surface area contributed by atoms with Crippen molar-refractivity contribution in [2.45, 2.75) is 19.1 Å². The summed E-state index contributed by atoms with van der Waals surface area (Å²) in [6, 6.07) is 18.7. The Kier molecular flexibility index (Phi) is 6.98. The van der Waals surface area contributed by atoms with E-state index in [1.807, 2.05) is 13.0 Å². The van der Waals surface area contributed by atoms with Crippen molar-refractivity contribution in [3.05, 3.63) is 99.5 Å². The summed E-state index contributed by atoms with van der Waals surface area (Å²) in [5.41, 5.74) is 1.97. The maximum absolute atomic E-state index is 13.6. The number of amides is 1. The Bertz CT molecular complexity index is 1320. The Hall–Kier alpha value is -2.87. The van der Waals surface area contributed by atoms with Gasteiger partial charge in [-0.15, -0.1) is 0 Å². The van der Waals surface area contributed by atoms with Crippen LogP contribution in [0.25, 0.3) is 0 Å². The number of halogens is 2. The predicted molar refractivity (Wildman–Crippen MR) is 133 cm³/mol. The summed E-state index contributed by atoms with van der Waals surface area (Å²) in [6.07, 6.45) is -1.05. The molecule has 1 aliphatic heterocycles. The Labute approximate surface area is 208 Å². The minimum atomic E-state index is -3.58. The van der Waals surface area contributed by atoms with Gasteiger partial charge in [-0.2, -0.15) is 0 Å². The molecule has 6 nitrogen and oxygen atoms in total. The molecule has 0 saturated carbocycles. The Morgan fingerprint density at radius 1 is 0.882 bits per heavy atom. The molecule has 9 heteroatoms. The first-order chi connectivity index (χ1) is 16.1. The van der Waals surface area contributed by atoms with E-state index in [2.05, 4.69) is 0 Å². The van der Waals surface area contributed by atoms with Crippen LogP contribution in [0.5, 0.6) is 0 Å². The van der Waals surface area contributed by atoms with Crippen LogP contribution >= 0.6 is 23.2 Å². The number of carbonyl (C=O) groups excluding carboxylic acids is 2. The highest BCUT2D eigenvalue weighted by atomic mass is 35.5. The van der Waals surface area contributed by atoms with Gasteiger partial charge < -0.3 is 9.64 Å². The highest BCUT2D eigenvalue weighted by Gasteiger charge is 2.46. The largest absolute Gasteiger partial charge is 0.455 e. The summed E-state index contributed by atoms with van der Waals surface area (Å²) in [7, 11) is -3.58. The lowest BCUT2D eigenvalue weighted by atomic mass is 10.1. The van der Waals surface area contributed by atoms with Crippen LogP contribution in [0.4, 0.5) is 5.69 Å². The molecule has 0 unspecified atom stereocenters. The van der Waals surface area contributed by atoms with Gasteiger partial charge in [0.2, 0.25) is 0 Å². The second kappa shape index (κ2) is 9.78. The van der Waals surface area contributed by atoms with E-state index >= 15 is 0 Å². The molecule has 0 aliphatic carbocycles. The molecule has 3 aromatic rings. The van der Waals surface area contributed by atoms with E-state index in [0.717, 1.165) is 5.56 Å². The number of ether oxygens (including phenoxy) is 1. The normalized spacial score (nSPS) is 18.9. The second-order valence-electron chi connectivity index (χ2n) is 8.12. The molecule has 1 aliphatic rings. The van der Waals surface area contributed by atoms with E-state index in [0.29, 0.717) is 21.3 Å². The SMILES string of the molecule is Cc1cccc(N(C(=O)c2ccc(Cl)cc2)[C@@H]2CS(=O)(=O)C[C@@H]2OC(=O)c2ccc(Cl)cc2)c1. The molecule has 1 heterocycles. The first-order valence-corrected chi connectivity index (χ1v) is 13.0. The average molecular weight is 518 g/mol. The molecule has 34 heavy (non-hydrogen) atoms. The van der Waals surface area contributed by atoms with E-state index in [4.69, 9.17) is 27.9 Å². The van der Waals surface area contributed by atoms with Crippen LogP contribution in [0.2, 0.25) is 10.0 Å². The van der Waals surface area contributed by atoms with Gasteiger partial charge in [0.15, 0.2) is 9.84 Å². The van der Waals surface area contributed by atoms with Gasteiger partial charge in [0.05, 0.1) is 23.1 Å². The Morgan fingerprint density at radius 3 is 2.06 bits per heavy atom. The topological polar surface area (TPSA) is 80.8 Å². The van der Waals surface area contributed by atoms with Crippen LogP contribution < -0.4 is 4.90 Å². The molecule has 1 fully saturated rings. The maximum atomic E-state index is 13.6. The average Bonchev–Trinajstić information content (AvgIpc) is 3.08. The van der Waals surface area contributed by atoms with Crippen LogP contribution in [0.15, 0.2) is 72.8 Å². The standard InChI is InChI=1S/C25H21Cl2NO5S/c1-16-3-2-4-21(13-16)28(24(29)17-5-9-19(26)10-6-17)22-14-34(31,32)15-23(22)33-25(30)18-7-11-20(27)12-8-18/h2-13,22-23H,14-15H2,1H3/t22-,23+/m1/s1. The van der Waals surface area contributed by atoms with Crippen LogP contribution in [-0.2, 0) is 14.6 Å². The van der Waals surface area contributed by atoms with E-state index in [9.17, 15) is 18.0 Å². The van der Waals surface area contributed by atoms with Crippen molar-refractivity contribution in [2.75, 3.05) is 16.4 Å². The monoisotopic (exact) mass is 517 g/mol. The predicted octanol–water partition coefficient (Wildman–Crippen LogP) is 4.97. The summed E-state index contributed by atoms with van der Waals surface area (Å²) in [5, 5.41) is 0.925. The van der Waals surface area contributed by atoms with Crippen molar-refractivity contribution in [2.24, 2.45) is 0 Å². The quantitative estimate of drug-likeness (QED) is 0.446. The molecule has 4 rings (SSSR count). The molecular weight excluding hydrogens is 497 g/mol. The van der Waals surface area contributed by atoms with Crippen LogP contribution in [0.3, 0.4) is 0 Å². The second-order valence-corrected chi connectivity index (χ2v) is 11.1. The highest BCUT2D eigenvalue weighted by Crippen LogP contribution is 2.30. The summed E-state index contributed by atoms with van der Waals surface area (Å²) < 4.78 is 31.0. The van der Waals surface area contributed by atoms with Gasteiger partial charge >= 0.3 is 5.97 Å². The number of sulfone groups is 1. The molecule has 0 N–H and O–H groups in total. The number of hydrogen-bond donors (Lipinski definition) is 0. The Morgan fingerprint density at radius 2 is 1.47 bits per heavy atom. The zero-order valence-electron chi connectivity index (χ0n) is 18.1. The van der Waals surface area contributed by atoms with Gasteiger partial charge in [-0.3, -0.25) is 4.79 Å². The van der Waals surface area contributed by atoms with E-state index in [1.165, 1.54) is 17.0 Å². The number of rotatable bonds is 5. The van der Waals surface area contributed by atoms with Crippen molar-refractivity contribution < 1.29 is 22.7 Å². The van der Waals surface area contributed by atoms with Gasteiger partial charge in [-0.1, -0.05) is 35.3 Å². The maximum Gasteiger partial charge on any atom is 0.338 e. The first kappa shape index (κ1) is 24.3. The molecule has 0 spiro atoms. The number of aryl methyl sites for hydroxylation is 1. The van der Waals surface area contributed by atoms with Gasteiger partial charge in [0.1, 0.15) is 6.10 Å². The highest BCUT2D eigenvalue weighted by molar-refractivity contribution is 7.91. The molecular formula is C25H21Cl2NO5S. The molecule has 2 atom stereocenters. The molecule has 0 aromatic heterocycles. The van der Waals surface area contributed by atoms with Crippen molar-refractivity contribution in [3.63, 3.8) is 0 Å². The van der Waals surface area contributed by atoms with Crippen LogP contribution in [0, 0.1) is 6.92 Å². The van der Waals surface area contributed by atoms with Gasteiger partial charge in [0, 0.05) is 21.3 Å². The molecule has 176 valence electrons. The number of carbonyl (C=O) groups is 2.